The average Bonchev–Trinajstić information content (AvgIpc) is 3.05. The van der Waals surface area contributed by atoms with E-state index in [1.807, 2.05) is 10.6 Å². The number of hydrogen-bond acceptors (Lipinski definition) is 2. The zero-order valence-electron chi connectivity index (χ0n) is 11.7. The molecule has 1 aliphatic carbocycles. The van der Waals surface area contributed by atoms with Crippen LogP contribution in [0.2, 0.25) is 0 Å². The molecule has 1 fully saturated rings. The van der Waals surface area contributed by atoms with Crippen LogP contribution in [-0.4, -0.2) is 34.1 Å². The first kappa shape index (κ1) is 13.8. The van der Waals surface area contributed by atoms with Gasteiger partial charge in [-0.15, -0.1) is 0 Å². The van der Waals surface area contributed by atoms with Crippen LogP contribution in [0.5, 0.6) is 0 Å². The van der Waals surface area contributed by atoms with Gasteiger partial charge < -0.3 is 14.5 Å². The van der Waals surface area contributed by atoms with E-state index in [9.17, 15) is 4.39 Å². The molecular weight excluding hydrogens is 273 g/mol. The quantitative estimate of drug-likeness (QED) is 0.869. The third kappa shape index (κ3) is 2.52. The van der Waals surface area contributed by atoms with Gasteiger partial charge in [-0.2, -0.15) is 0 Å². The maximum absolute atomic E-state index is 13.7. The van der Waals surface area contributed by atoms with Crippen molar-refractivity contribution in [3.05, 3.63) is 28.8 Å². The zero-order valence-corrected chi connectivity index (χ0v) is 12.5. The van der Waals surface area contributed by atoms with Gasteiger partial charge >= 0.3 is 0 Å². The summed E-state index contributed by atoms with van der Waals surface area (Å²) in [5.74, 6) is -0.239. The number of imidazole rings is 1. The molecule has 0 aliphatic heterocycles. The van der Waals surface area contributed by atoms with E-state index < -0.39 is 0 Å². The fraction of sp³-hybridized carbons (Fsp3) is 0.533. The van der Waals surface area contributed by atoms with Crippen molar-refractivity contribution >= 4 is 23.3 Å². The molecule has 0 atom stereocenters. The second-order valence-corrected chi connectivity index (χ2v) is 6.02. The van der Waals surface area contributed by atoms with E-state index in [-0.39, 0.29) is 5.82 Å². The van der Waals surface area contributed by atoms with Crippen LogP contribution in [0.15, 0.2) is 18.2 Å². The molecule has 0 bridgehead atoms. The summed E-state index contributed by atoms with van der Waals surface area (Å²) in [7, 11) is 2.18. The van der Waals surface area contributed by atoms with Gasteiger partial charge in [0.2, 0.25) is 0 Å². The largest absolute Gasteiger partial charge is 0.328 e. The van der Waals surface area contributed by atoms with Gasteiger partial charge in [-0.1, -0.05) is 18.9 Å². The molecule has 1 heterocycles. The van der Waals surface area contributed by atoms with Gasteiger partial charge in [-0.3, -0.25) is 0 Å². The minimum absolute atomic E-state index is 0.239. The Morgan fingerprint density at radius 3 is 2.90 bits per heavy atom. The first-order valence-corrected chi connectivity index (χ1v) is 7.65. The number of aromatic nitrogens is 2. The highest BCUT2D eigenvalue weighted by Crippen LogP contribution is 2.23. The number of likely N-dealkylation sites (N-methyl/N-ethyl adjacent to an activating group) is 1. The number of para-hydroxylation sites is 1. The summed E-state index contributed by atoms with van der Waals surface area (Å²) in [4.78, 5) is 5.38. The molecule has 1 N–H and O–H groups in total. The first-order valence-electron chi connectivity index (χ1n) is 7.24. The van der Waals surface area contributed by atoms with Gasteiger partial charge in [0.1, 0.15) is 11.3 Å². The van der Waals surface area contributed by atoms with Gasteiger partial charge in [0.25, 0.3) is 0 Å². The Bertz CT molecular complexity index is 655. The first-order chi connectivity index (χ1) is 9.66. The molecule has 0 saturated heterocycles. The van der Waals surface area contributed by atoms with Crippen molar-refractivity contribution in [2.45, 2.75) is 38.3 Å². The standard InChI is InChI=1S/C15H20FN3S/c1-18(11-5-2-3-6-11)9-10-19-13-8-4-7-12(16)14(13)17-15(19)20/h4,7-8,11H,2-3,5-6,9-10H2,1H3,(H,17,20). The van der Waals surface area contributed by atoms with Gasteiger partial charge in [0.15, 0.2) is 4.77 Å². The Morgan fingerprint density at radius 1 is 1.40 bits per heavy atom. The van der Waals surface area contributed by atoms with Gasteiger partial charge in [-0.25, -0.2) is 4.39 Å². The molecule has 1 aromatic carbocycles. The summed E-state index contributed by atoms with van der Waals surface area (Å²) >= 11 is 5.32. The molecule has 108 valence electrons. The molecular formula is C15H20FN3S. The third-order valence-corrected chi connectivity index (χ3v) is 4.71. The molecule has 0 amide bonds. The van der Waals surface area contributed by atoms with Crippen LogP contribution >= 0.6 is 12.2 Å². The number of H-pyrrole nitrogens is 1. The minimum Gasteiger partial charge on any atom is -0.328 e. The summed E-state index contributed by atoms with van der Waals surface area (Å²) in [6.45, 7) is 1.75. The maximum atomic E-state index is 13.7. The van der Waals surface area contributed by atoms with Gasteiger partial charge in [0, 0.05) is 19.1 Å². The lowest BCUT2D eigenvalue weighted by molar-refractivity contribution is 0.237. The lowest BCUT2D eigenvalue weighted by Gasteiger charge is -2.24. The number of benzene rings is 1. The Balaban J connectivity index is 1.79. The smallest absolute Gasteiger partial charge is 0.178 e. The Hall–Kier alpha value is -1.20. The second-order valence-electron chi connectivity index (χ2n) is 5.63. The fourth-order valence-electron chi connectivity index (χ4n) is 3.15. The maximum Gasteiger partial charge on any atom is 0.178 e. The van der Waals surface area contributed by atoms with Crippen molar-refractivity contribution in [1.29, 1.82) is 0 Å². The number of halogens is 1. The normalized spacial score (nSPS) is 16.6. The number of hydrogen-bond donors (Lipinski definition) is 1. The van der Waals surface area contributed by atoms with Crippen LogP contribution in [0, 0.1) is 10.6 Å². The van der Waals surface area contributed by atoms with E-state index in [0.717, 1.165) is 18.6 Å². The van der Waals surface area contributed by atoms with Crippen molar-refractivity contribution in [2.75, 3.05) is 13.6 Å². The lowest BCUT2D eigenvalue weighted by atomic mass is 10.2. The van der Waals surface area contributed by atoms with E-state index in [1.165, 1.54) is 31.7 Å². The van der Waals surface area contributed by atoms with Crippen LogP contribution in [0.3, 0.4) is 0 Å². The van der Waals surface area contributed by atoms with Crippen molar-refractivity contribution in [2.24, 2.45) is 0 Å². The number of nitrogens with zero attached hydrogens (tertiary/aromatic N) is 2. The predicted molar refractivity (Wildman–Crippen MR) is 82.0 cm³/mol. The van der Waals surface area contributed by atoms with Crippen LogP contribution < -0.4 is 0 Å². The Kier molecular flexibility index (Phi) is 3.89. The van der Waals surface area contributed by atoms with E-state index in [4.69, 9.17) is 12.2 Å². The lowest BCUT2D eigenvalue weighted by Crippen LogP contribution is -2.32. The summed E-state index contributed by atoms with van der Waals surface area (Å²) in [6.07, 6.45) is 5.27. The SMILES string of the molecule is CN(CCn1c(=S)[nH]c2c(F)cccc21)C1CCCC1. The van der Waals surface area contributed by atoms with E-state index >= 15 is 0 Å². The van der Waals surface area contributed by atoms with Crippen molar-refractivity contribution < 1.29 is 4.39 Å². The third-order valence-electron chi connectivity index (χ3n) is 4.38. The van der Waals surface area contributed by atoms with Crippen LogP contribution in [-0.2, 0) is 6.54 Å². The number of rotatable bonds is 4. The summed E-state index contributed by atoms with van der Waals surface area (Å²) < 4.78 is 16.3. The summed E-state index contributed by atoms with van der Waals surface area (Å²) in [5, 5.41) is 0. The molecule has 20 heavy (non-hydrogen) atoms. The number of fused-ring (bicyclic) bond motifs is 1. The van der Waals surface area contributed by atoms with Crippen LogP contribution in [0.25, 0.3) is 11.0 Å². The predicted octanol–water partition coefficient (Wildman–Crippen LogP) is 3.71. The van der Waals surface area contributed by atoms with Crippen LogP contribution in [0.4, 0.5) is 4.39 Å². The molecule has 0 unspecified atom stereocenters. The number of aromatic amines is 1. The monoisotopic (exact) mass is 293 g/mol. The average molecular weight is 293 g/mol. The highest BCUT2D eigenvalue weighted by Gasteiger charge is 2.19. The van der Waals surface area contributed by atoms with Gasteiger partial charge in [0.05, 0.1) is 5.52 Å². The summed E-state index contributed by atoms with van der Waals surface area (Å²) in [6, 6.07) is 5.81. The van der Waals surface area contributed by atoms with Crippen molar-refractivity contribution in [3.63, 3.8) is 0 Å². The van der Waals surface area contributed by atoms with E-state index in [2.05, 4.69) is 16.9 Å². The Labute approximate surface area is 123 Å². The topological polar surface area (TPSA) is 24.0 Å². The van der Waals surface area contributed by atoms with E-state index in [0.29, 0.717) is 16.3 Å². The highest BCUT2D eigenvalue weighted by atomic mass is 32.1. The number of nitrogens with one attached hydrogen (secondary N) is 1. The van der Waals surface area contributed by atoms with E-state index in [1.54, 1.807) is 6.07 Å². The van der Waals surface area contributed by atoms with Crippen molar-refractivity contribution in [1.82, 2.24) is 14.5 Å². The van der Waals surface area contributed by atoms with Crippen molar-refractivity contribution in [3.8, 4) is 0 Å². The molecule has 5 heteroatoms. The molecule has 3 nitrogen and oxygen atoms in total. The molecule has 1 aliphatic rings. The highest BCUT2D eigenvalue weighted by molar-refractivity contribution is 7.71. The van der Waals surface area contributed by atoms with Gasteiger partial charge in [-0.05, 0) is 44.2 Å². The zero-order chi connectivity index (χ0) is 14.1. The second kappa shape index (κ2) is 5.66. The molecule has 1 aromatic heterocycles. The summed E-state index contributed by atoms with van der Waals surface area (Å²) in [5.41, 5.74) is 1.37. The molecule has 3 rings (SSSR count). The Morgan fingerprint density at radius 2 is 2.15 bits per heavy atom. The molecule has 1 saturated carbocycles. The molecule has 0 spiro atoms. The van der Waals surface area contributed by atoms with Crippen LogP contribution in [0.1, 0.15) is 25.7 Å². The molecule has 2 aromatic rings. The molecule has 0 radical (unpaired) electrons. The minimum atomic E-state index is -0.239. The fourth-order valence-corrected chi connectivity index (χ4v) is 3.44.